The number of rotatable bonds is 6. The summed E-state index contributed by atoms with van der Waals surface area (Å²) in [5, 5.41) is 2.71. The molecule has 0 aliphatic rings. The number of nitrogens with one attached hydrogen (secondary N) is 1. The van der Waals surface area contributed by atoms with Gasteiger partial charge in [0.1, 0.15) is 0 Å². The fourth-order valence-corrected chi connectivity index (χ4v) is 2.61. The van der Waals surface area contributed by atoms with E-state index in [-0.39, 0.29) is 5.91 Å². The molecule has 0 unspecified atom stereocenters. The van der Waals surface area contributed by atoms with Gasteiger partial charge in [-0.1, -0.05) is 11.6 Å². The molecule has 0 radical (unpaired) electrons. The first kappa shape index (κ1) is 15.4. The Morgan fingerprint density at radius 2 is 2.17 bits per heavy atom. The number of thiophene rings is 1. The summed E-state index contributed by atoms with van der Waals surface area (Å²) in [5.41, 5.74) is 0. The van der Waals surface area contributed by atoms with Gasteiger partial charge < -0.3 is 5.32 Å². The maximum atomic E-state index is 11.6. The SMILES string of the molecule is CN(CCCNC(=O)c1ccc(Cl)s1)S(C)(=O)=O. The Morgan fingerprint density at radius 1 is 1.50 bits per heavy atom. The Balaban J connectivity index is 2.29. The van der Waals surface area contributed by atoms with E-state index in [9.17, 15) is 13.2 Å². The summed E-state index contributed by atoms with van der Waals surface area (Å²) in [6.07, 6.45) is 1.72. The number of nitrogens with zero attached hydrogens (tertiary/aromatic N) is 1. The molecular formula is C10H15ClN2O3S2. The van der Waals surface area contributed by atoms with Crippen LogP contribution in [-0.4, -0.2) is 45.0 Å². The largest absolute Gasteiger partial charge is 0.351 e. The Bertz CT molecular complexity index is 513. The van der Waals surface area contributed by atoms with Gasteiger partial charge in [-0.25, -0.2) is 12.7 Å². The number of hydrogen-bond donors (Lipinski definition) is 1. The zero-order valence-corrected chi connectivity index (χ0v) is 12.5. The molecule has 8 heteroatoms. The molecule has 0 aromatic carbocycles. The van der Waals surface area contributed by atoms with Crippen LogP contribution in [0.4, 0.5) is 0 Å². The van der Waals surface area contributed by atoms with E-state index >= 15 is 0 Å². The second-order valence-electron chi connectivity index (χ2n) is 3.80. The molecule has 102 valence electrons. The summed E-state index contributed by atoms with van der Waals surface area (Å²) in [5.74, 6) is -0.186. The van der Waals surface area contributed by atoms with Crippen LogP contribution in [0.25, 0.3) is 0 Å². The first-order chi connectivity index (χ1) is 8.30. The highest BCUT2D eigenvalue weighted by atomic mass is 35.5. The van der Waals surface area contributed by atoms with Crippen LogP contribution in [0.15, 0.2) is 12.1 Å². The minimum Gasteiger partial charge on any atom is -0.351 e. The van der Waals surface area contributed by atoms with E-state index in [1.165, 1.54) is 22.7 Å². The molecule has 18 heavy (non-hydrogen) atoms. The number of halogens is 1. The van der Waals surface area contributed by atoms with Gasteiger partial charge in [0.05, 0.1) is 15.5 Å². The van der Waals surface area contributed by atoms with Gasteiger partial charge in [-0.15, -0.1) is 11.3 Å². The van der Waals surface area contributed by atoms with E-state index in [4.69, 9.17) is 11.6 Å². The first-order valence-electron chi connectivity index (χ1n) is 5.25. The summed E-state index contributed by atoms with van der Waals surface area (Å²) in [4.78, 5) is 12.2. The van der Waals surface area contributed by atoms with E-state index in [1.54, 1.807) is 12.1 Å². The molecule has 1 rings (SSSR count). The monoisotopic (exact) mass is 310 g/mol. The zero-order chi connectivity index (χ0) is 13.8. The average Bonchev–Trinajstić information content (AvgIpc) is 2.69. The minimum absolute atomic E-state index is 0.186. The van der Waals surface area contributed by atoms with E-state index < -0.39 is 10.0 Å². The van der Waals surface area contributed by atoms with Gasteiger partial charge in [-0.05, 0) is 18.6 Å². The lowest BCUT2D eigenvalue weighted by Crippen LogP contribution is -2.30. The van der Waals surface area contributed by atoms with Gasteiger partial charge in [0.15, 0.2) is 0 Å². The predicted molar refractivity (Wildman–Crippen MR) is 73.8 cm³/mol. The number of hydrogen-bond acceptors (Lipinski definition) is 4. The summed E-state index contributed by atoms with van der Waals surface area (Å²) < 4.78 is 24.0. The third kappa shape index (κ3) is 4.93. The van der Waals surface area contributed by atoms with Crippen molar-refractivity contribution in [3.8, 4) is 0 Å². The van der Waals surface area contributed by atoms with Crippen LogP contribution in [0.1, 0.15) is 16.1 Å². The van der Waals surface area contributed by atoms with Crippen molar-refractivity contribution in [3.63, 3.8) is 0 Å². The summed E-state index contributed by atoms with van der Waals surface area (Å²) in [6.45, 7) is 0.804. The Kier molecular flexibility index (Phi) is 5.58. The van der Waals surface area contributed by atoms with E-state index in [2.05, 4.69) is 5.32 Å². The number of carbonyl (C=O) groups excluding carboxylic acids is 1. The molecule has 1 aromatic heterocycles. The van der Waals surface area contributed by atoms with Crippen molar-refractivity contribution in [1.82, 2.24) is 9.62 Å². The minimum atomic E-state index is -3.15. The average molecular weight is 311 g/mol. The number of sulfonamides is 1. The van der Waals surface area contributed by atoms with Gasteiger partial charge in [0, 0.05) is 20.1 Å². The zero-order valence-electron chi connectivity index (χ0n) is 10.1. The molecule has 0 spiro atoms. The normalized spacial score (nSPS) is 11.8. The molecule has 0 aliphatic heterocycles. The molecule has 1 heterocycles. The van der Waals surface area contributed by atoms with Crippen molar-refractivity contribution < 1.29 is 13.2 Å². The van der Waals surface area contributed by atoms with Gasteiger partial charge >= 0.3 is 0 Å². The number of carbonyl (C=O) groups is 1. The third-order valence-electron chi connectivity index (χ3n) is 2.30. The van der Waals surface area contributed by atoms with Crippen molar-refractivity contribution in [3.05, 3.63) is 21.3 Å². The lowest BCUT2D eigenvalue weighted by Gasteiger charge is -2.13. The van der Waals surface area contributed by atoms with E-state index in [0.29, 0.717) is 28.7 Å². The molecule has 5 nitrogen and oxygen atoms in total. The first-order valence-corrected chi connectivity index (χ1v) is 8.30. The summed E-state index contributed by atoms with van der Waals surface area (Å²) in [7, 11) is -1.64. The molecule has 0 bridgehead atoms. The molecule has 1 aromatic rings. The molecule has 0 saturated carbocycles. The second kappa shape index (κ2) is 6.51. The predicted octanol–water partition coefficient (Wildman–Crippen LogP) is 1.41. The van der Waals surface area contributed by atoms with Crippen LogP contribution >= 0.6 is 22.9 Å². The Morgan fingerprint density at radius 3 is 2.67 bits per heavy atom. The highest BCUT2D eigenvalue weighted by Crippen LogP contribution is 2.20. The van der Waals surface area contributed by atoms with E-state index in [0.717, 1.165) is 6.26 Å². The van der Waals surface area contributed by atoms with Crippen molar-refractivity contribution >= 4 is 38.9 Å². The van der Waals surface area contributed by atoms with E-state index in [1.807, 2.05) is 0 Å². The second-order valence-corrected chi connectivity index (χ2v) is 7.60. The van der Waals surface area contributed by atoms with Gasteiger partial charge in [0.2, 0.25) is 10.0 Å². The van der Waals surface area contributed by atoms with Crippen LogP contribution in [-0.2, 0) is 10.0 Å². The molecule has 1 N–H and O–H groups in total. The van der Waals surface area contributed by atoms with Crippen LogP contribution in [0.2, 0.25) is 4.34 Å². The molecule has 0 atom stereocenters. The lowest BCUT2D eigenvalue weighted by molar-refractivity contribution is 0.0957. The molecular weight excluding hydrogens is 296 g/mol. The summed E-state index contributed by atoms with van der Waals surface area (Å²) in [6, 6.07) is 3.32. The van der Waals surface area contributed by atoms with Crippen molar-refractivity contribution in [1.29, 1.82) is 0 Å². The Labute approximate surface area is 116 Å². The fourth-order valence-electron chi connectivity index (χ4n) is 1.19. The van der Waals surface area contributed by atoms with Crippen LogP contribution in [0.3, 0.4) is 0 Å². The molecule has 0 saturated heterocycles. The Hall–Kier alpha value is -0.630. The van der Waals surface area contributed by atoms with Crippen LogP contribution in [0, 0.1) is 0 Å². The van der Waals surface area contributed by atoms with Crippen molar-refractivity contribution in [2.75, 3.05) is 26.4 Å². The van der Waals surface area contributed by atoms with Gasteiger partial charge in [0.25, 0.3) is 5.91 Å². The number of amides is 1. The molecule has 0 fully saturated rings. The van der Waals surface area contributed by atoms with Crippen LogP contribution < -0.4 is 5.32 Å². The van der Waals surface area contributed by atoms with Crippen LogP contribution in [0.5, 0.6) is 0 Å². The maximum Gasteiger partial charge on any atom is 0.261 e. The third-order valence-corrected chi connectivity index (χ3v) is 4.84. The van der Waals surface area contributed by atoms with Gasteiger partial charge in [-0.2, -0.15) is 0 Å². The highest BCUT2D eigenvalue weighted by Gasteiger charge is 2.11. The smallest absolute Gasteiger partial charge is 0.261 e. The maximum absolute atomic E-state index is 11.6. The van der Waals surface area contributed by atoms with Crippen molar-refractivity contribution in [2.45, 2.75) is 6.42 Å². The quantitative estimate of drug-likeness (QED) is 0.808. The van der Waals surface area contributed by atoms with Gasteiger partial charge in [-0.3, -0.25) is 4.79 Å². The molecule has 1 amide bonds. The summed E-state index contributed by atoms with van der Waals surface area (Å²) >= 11 is 6.93. The molecule has 0 aliphatic carbocycles. The topological polar surface area (TPSA) is 66.5 Å². The fraction of sp³-hybridized carbons (Fsp3) is 0.500. The highest BCUT2D eigenvalue weighted by molar-refractivity contribution is 7.88. The lowest BCUT2D eigenvalue weighted by atomic mass is 10.4. The van der Waals surface area contributed by atoms with Crippen molar-refractivity contribution in [2.24, 2.45) is 0 Å². The standard InChI is InChI=1S/C10H15ClN2O3S2/c1-13(18(2,15)16)7-3-6-12-10(14)8-4-5-9(11)17-8/h4-5H,3,6-7H2,1-2H3,(H,12,14).